The molecule has 0 bridgehead atoms. The van der Waals surface area contributed by atoms with Crippen LogP contribution >= 0.6 is 0 Å². The first-order chi connectivity index (χ1) is 6.29. The summed E-state index contributed by atoms with van der Waals surface area (Å²) in [5, 5.41) is 1.59. The number of carbonyl (C=O) groups excluding carboxylic acids is 2. The maximum Gasteiger partial charge on any atom is 0.471 e. The molecule has 80 valence electrons. The topological polar surface area (TPSA) is 46.2 Å². The molecule has 0 rings (SSSR count). The first-order valence-corrected chi connectivity index (χ1v) is 3.88. The van der Waals surface area contributed by atoms with E-state index >= 15 is 0 Å². The number of hydrogen-bond donors (Lipinski definition) is 1. The molecule has 0 aliphatic rings. The summed E-state index contributed by atoms with van der Waals surface area (Å²) in [6, 6.07) is 0. The van der Waals surface area contributed by atoms with Crippen molar-refractivity contribution >= 4 is 11.8 Å². The van der Waals surface area contributed by atoms with Crippen molar-refractivity contribution < 1.29 is 22.8 Å². The second-order valence-electron chi connectivity index (χ2n) is 2.96. The number of alkyl halides is 3. The second kappa shape index (κ2) is 4.81. The van der Waals surface area contributed by atoms with Gasteiger partial charge < -0.3 is 5.32 Å². The van der Waals surface area contributed by atoms with Crippen LogP contribution in [0.1, 0.15) is 13.8 Å². The molecule has 0 aliphatic heterocycles. The van der Waals surface area contributed by atoms with Crippen molar-refractivity contribution in [1.82, 2.24) is 5.32 Å². The van der Waals surface area contributed by atoms with E-state index < -0.39 is 18.6 Å². The lowest BCUT2D eigenvalue weighted by Gasteiger charge is -2.10. The molecular weight excluding hydrogens is 199 g/mol. The Labute approximate surface area is 79.0 Å². The van der Waals surface area contributed by atoms with Crippen LogP contribution in [0.25, 0.3) is 0 Å². The monoisotopic (exact) mass is 209 g/mol. The molecule has 0 aromatic heterocycles. The highest BCUT2D eigenvalue weighted by molar-refractivity contribution is 5.82. The molecule has 0 fully saturated rings. The van der Waals surface area contributed by atoms with Crippen molar-refractivity contribution in [2.24, 2.45) is 5.92 Å². The van der Waals surface area contributed by atoms with Crippen LogP contribution in [0.2, 0.25) is 0 Å². The Hall–Kier alpha value is -1.29. The summed E-state index contributed by atoms with van der Waals surface area (Å²) in [4.78, 5) is 20.5. The highest BCUT2D eigenvalue weighted by Crippen LogP contribution is 2.14. The SMILES string of the molecule is CC(C)C(=C=O)CNC(=O)C(F)(F)F. The molecule has 0 aromatic rings. The molecule has 3 nitrogen and oxygen atoms in total. The minimum Gasteiger partial charge on any atom is -0.344 e. The van der Waals surface area contributed by atoms with E-state index in [2.05, 4.69) is 0 Å². The van der Waals surface area contributed by atoms with E-state index in [1.807, 2.05) is 0 Å². The molecule has 0 aliphatic carbocycles. The van der Waals surface area contributed by atoms with E-state index in [4.69, 9.17) is 0 Å². The molecular formula is C8H10F3NO2. The number of amides is 1. The number of halogens is 3. The zero-order valence-corrected chi connectivity index (χ0v) is 7.73. The summed E-state index contributed by atoms with van der Waals surface area (Å²) in [6.07, 6.45) is -4.91. The fourth-order valence-corrected chi connectivity index (χ4v) is 0.634. The normalized spacial score (nSPS) is 11.0. The highest BCUT2D eigenvalue weighted by atomic mass is 19.4. The summed E-state index contributed by atoms with van der Waals surface area (Å²) >= 11 is 0. The molecule has 0 aromatic carbocycles. The van der Waals surface area contributed by atoms with Crippen LogP contribution in [0, 0.1) is 5.92 Å². The first-order valence-electron chi connectivity index (χ1n) is 3.88. The fraction of sp³-hybridized carbons (Fsp3) is 0.625. The van der Waals surface area contributed by atoms with Crippen LogP contribution in [0.15, 0.2) is 5.57 Å². The van der Waals surface area contributed by atoms with Crippen LogP contribution < -0.4 is 5.32 Å². The fourth-order valence-electron chi connectivity index (χ4n) is 0.634. The van der Waals surface area contributed by atoms with Gasteiger partial charge in [0.05, 0.1) is 6.54 Å². The van der Waals surface area contributed by atoms with Gasteiger partial charge in [0.15, 0.2) is 0 Å². The standard InChI is InChI=1S/C8H10F3NO2/c1-5(2)6(4-13)3-12-7(14)8(9,10)11/h5H,3H2,1-2H3,(H,12,14). The summed E-state index contributed by atoms with van der Waals surface area (Å²) in [5.74, 6) is -0.792. The minimum absolute atomic E-state index is 0.0996. The Morgan fingerprint density at radius 3 is 2.21 bits per heavy atom. The van der Waals surface area contributed by atoms with Gasteiger partial charge in [0.25, 0.3) is 0 Å². The number of rotatable bonds is 3. The van der Waals surface area contributed by atoms with Crippen LogP contribution in [0.3, 0.4) is 0 Å². The predicted molar refractivity (Wildman–Crippen MR) is 43.1 cm³/mol. The lowest BCUT2D eigenvalue weighted by Crippen LogP contribution is -2.38. The molecule has 6 heteroatoms. The van der Waals surface area contributed by atoms with Crippen molar-refractivity contribution in [2.45, 2.75) is 20.0 Å². The van der Waals surface area contributed by atoms with Crippen LogP contribution in [0.5, 0.6) is 0 Å². The summed E-state index contributed by atoms with van der Waals surface area (Å²) in [5.41, 5.74) is 0.0996. The zero-order chi connectivity index (χ0) is 11.4. The van der Waals surface area contributed by atoms with Crippen LogP contribution in [0.4, 0.5) is 13.2 Å². The second-order valence-corrected chi connectivity index (χ2v) is 2.96. The van der Waals surface area contributed by atoms with Crippen molar-refractivity contribution in [3.05, 3.63) is 5.57 Å². The average molecular weight is 209 g/mol. The maximum absolute atomic E-state index is 11.7. The molecule has 1 N–H and O–H groups in total. The van der Waals surface area contributed by atoms with Gasteiger partial charge in [-0.15, -0.1) is 0 Å². The van der Waals surface area contributed by atoms with Crippen molar-refractivity contribution in [2.75, 3.05) is 6.54 Å². The Bertz CT molecular complexity index is 264. The summed E-state index contributed by atoms with van der Waals surface area (Å²) in [7, 11) is 0. The van der Waals surface area contributed by atoms with E-state index in [1.54, 1.807) is 19.2 Å². The Balaban J connectivity index is 4.20. The third kappa shape index (κ3) is 4.09. The average Bonchev–Trinajstić information content (AvgIpc) is 2.02. The molecule has 0 saturated carbocycles. The number of hydrogen-bond acceptors (Lipinski definition) is 2. The molecule has 1 amide bonds. The predicted octanol–water partition coefficient (Wildman–Crippen LogP) is 1.08. The van der Waals surface area contributed by atoms with E-state index in [0.29, 0.717) is 0 Å². The van der Waals surface area contributed by atoms with Crippen molar-refractivity contribution in [1.29, 1.82) is 0 Å². The molecule has 0 atom stereocenters. The van der Waals surface area contributed by atoms with Crippen molar-refractivity contribution in [3.8, 4) is 0 Å². The third-order valence-corrected chi connectivity index (χ3v) is 1.52. The number of nitrogens with one attached hydrogen (secondary N) is 1. The molecule has 0 spiro atoms. The van der Waals surface area contributed by atoms with E-state index in [1.165, 1.54) is 5.94 Å². The molecule has 14 heavy (non-hydrogen) atoms. The van der Waals surface area contributed by atoms with Gasteiger partial charge in [-0.3, -0.25) is 4.79 Å². The van der Waals surface area contributed by atoms with Gasteiger partial charge in [0.1, 0.15) is 5.94 Å². The largest absolute Gasteiger partial charge is 0.471 e. The maximum atomic E-state index is 11.7. The third-order valence-electron chi connectivity index (χ3n) is 1.52. The molecule has 0 saturated heterocycles. The van der Waals surface area contributed by atoms with Crippen LogP contribution in [-0.4, -0.2) is 24.6 Å². The van der Waals surface area contributed by atoms with Gasteiger partial charge in [-0.25, -0.2) is 4.79 Å². The van der Waals surface area contributed by atoms with Gasteiger partial charge in [-0.2, -0.15) is 13.2 Å². The van der Waals surface area contributed by atoms with Gasteiger partial charge >= 0.3 is 12.1 Å². The van der Waals surface area contributed by atoms with Gasteiger partial charge in [0, 0.05) is 5.57 Å². The summed E-state index contributed by atoms with van der Waals surface area (Å²) in [6.45, 7) is 2.83. The van der Waals surface area contributed by atoms with E-state index in [0.717, 1.165) is 0 Å². The van der Waals surface area contributed by atoms with Crippen molar-refractivity contribution in [3.63, 3.8) is 0 Å². The molecule has 0 heterocycles. The molecule has 0 unspecified atom stereocenters. The van der Waals surface area contributed by atoms with Gasteiger partial charge in [-0.1, -0.05) is 13.8 Å². The first kappa shape index (κ1) is 12.7. The zero-order valence-electron chi connectivity index (χ0n) is 7.73. The van der Waals surface area contributed by atoms with E-state index in [-0.39, 0.29) is 11.5 Å². The Morgan fingerprint density at radius 2 is 1.93 bits per heavy atom. The van der Waals surface area contributed by atoms with Gasteiger partial charge in [0.2, 0.25) is 0 Å². The van der Waals surface area contributed by atoms with E-state index in [9.17, 15) is 22.8 Å². The Kier molecular flexibility index (Phi) is 4.37. The minimum atomic E-state index is -4.91. The highest BCUT2D eigenvalue weighted by Gasteiger charge is 2.38. The Morgan fingerprint density at radius 1 is 1.43 bits per heavy atom. The number of carbonyl (C=O) groups is 1. The van der Waals surface area contributed by atoms with Crippen LogP contribution in [-0.2, 0) is 9.59 Å². The molecule has 0 radical (unpaired) electrons. The lowest BCUT2D eigenvalue weighted by atomic mass is 10.1. The van der Waals surface area contributed by atoms with Gasteiger partial charge in [-0.05, 0) is 5.92 Å². The smallest absolute Gasteiger partial charge is 0.344 e. The quantitative estimate of drug-likeness (QED) is 0.707. The summed E-state index contributed by atoms with van der Waals surface area (Å²) < 4.78 is 35.1. The lowest BCUT2D eigenvalue weighted by molar-refractivity contribution is -0.173.